The lowest BCUT2D eigenvalue weighted by atomic mass is 9.99. The third-order valence-corrected chi connectivity index (χ3v) is 2.83. The van der Waals surface area contributed by atoms with Gasteiger partial charge in [-0.1, -0.05) is 11.6 Å². The Balaban J connectivity index is 2.52. The average molecular weight is 284 g/mol. The highest BCUT2D eigenvalue weighted by Crippen LogP contribution is 2.39. The first-order chi connectivity index (χ1) is 8.33. The summed E-state index contributed by atoms with van der Waals surface area (Å²) in [6, 6.07) is -0.698. The van der Waals surface area contributed by atoms with E-state index in [1.165, 1.54) is 0 Å². The second kappa shape index (κ2) is 4.31. The van der Waals surface area contributed by atoms with Crippen LogP contribution >= 0.6 is 11.6 Å². The van der Waals surface area contributed by atoms with Crippen molar-refractivity contribution in [2.24, 2.45) is 0 Å². The molecule has 1 atom stereocenters. The average Bonchev–Trinajstić information content (AvgIpc) is 2.29. The van der Waals surface area contributed by atoms with E-state index < -0.39 is 46.9 Å². The number of nitrogens with one attached hydrogen (secondary N) is 1. The minimum absolute atomic E-state index is 0.661. The lowest BCUT2D eigenvalue weighted by Crippen LogP contribution is -2.50. The smallest absolute Gasteiger partial charge is 0.408 e. The molecule has 1 aromatic rings. The lowest BCUT2D eigenvalue weighted by molar-refractivity contribution is -0.105. The predicted molar refractivity (Wildman–Crippen MR) is 53.5 cm³/mol. The molecular weight excluding hydrogens is 278 g/mol. The Bertz CT molecular complexity index is 509. The molecule has 1 fully saturated rings. The minimum Gasteiger partial charge on any atom is -0.443 e. The van der Waals surface area contributed by atoms with Gasteiger partial charge in [0, 0.05) is 5.56 Å². The number of ether oxygens (including phenoxy) is 1. The third-order valence-electron chi connectivity index (χ3n) is 2.45. The normalized spacial score (nSPS) is 22.3. The number of cyclic esters (lactones) is 1. The maximum Gasteiger partial charge on any atom is 0.408 e. The number of hydrogen-bond acceptors (Lipinski definition) is 2. The molecule has 0 aliphatic carbocycles. The van der Waals surface area contributed by atoms with Crippen LogP contribution < -0.4 is 5.32 Å². The fourth-order valence-corrected chi connectivity index (χ4v) is 1.86. The Labute approximate surface area is 104 Å². The van der Waals surface area contributed by atoms with Gasteiger partial charge in [0.15, 0.2) is 6.61 Å². The van der Waals surface area contributed by atoms with Crippen molar-refractivity contribution >= 4 is 17.7 Å². The maximum atomic E-state index is 13.5. The Hall–Kier alpha value is -1.50. The molecular formula is C10H6ClF4NO2. The van der Waals surface area contributed by atoms with Crippen LogP contribution in [0.25, 0.3) is 0 Å². The van der Waals surface area contributed by atoms with Gasteiger partial charge in [0.2, 0.25) is 0 Å². The van der Waals surface area contributed by atoms with Gasteiger partial charge < -0.3 is 10.1 Å². The Kier molecular flexibility index (Phi) is 3.10. The molecule has 0 bridgehead atoms. The number of benzene rings is 1. The molecule has 1 saturated heterocycles. The van der Waals surface area contributed by atoms with Crippen molar-refractivity contribution in [3.8, 4) is 0 Å². The molecule has 0 aromatic heterocycles. The van der Waals surface area contributed by atoms with Gasteiger partial charge in [0.1, 0.15) is 17.7 Å². The maximum absolute atomic E-state index is 13.5. The third kappa shape index (κ3) is 2.10. The molecule has 1 aliphatic rings. The summed E-state index contributed by atoms with van der Waals surface area (Å²) in [6.07, 6.45) is -1.15. The Morgan fingerprint density at radius 1 is 1.33 bits per heavy atom. The van der Waals surface area contributed by atoms with Crippen molar-refractivity contribution in [2.45, 2.75) is 12.0 Å². The van der Waals surface area contributed by atoms with E-state index in [9.17, 15) is 22.4 Å². The van der Waals surface area contributed by atoms with Gasteiger partial charge in [0.25, 0.3) is 0 Å². The molecule has 0 unspecified atom stereocenters. The Morgan fingerprint density at radius 3 is 2.61 bits per heavy atom. The Morgan fingerprint density at radius 2 is 1.94 bits per heavy atom. The number of rotatable bonds is 1. The van der Waals surface area contributed by atoms with Crippen molar-refractivity contribution in [3.05, 3.63) is 34.4 Å². The summed E-state index contributed by atoms with van der Waals surface area (Å²) in [6.45, 7) is -1.23. The van der Waals surface area contributed by atoms with E-state index in [0.29, 0.717) is 12.1 Å². The second-order valence-corrected chi connectivity index (χ2v) is 4.05. The van der Waals surface area contributed by atoms with Crippen LogP contribution in [0.4, 0.5) is 22.4 Å². The minimum atomic E-state index is -3.59. The lowest BCUT2D eigenvalue weighted by Gasteiger charge is -2.32. The highest BCUT2D eigenvalue weighted by atomic mass is 35.5. The summed E-state index contributed by atoms with van der Waals surface area (Å²) >= 11 is 5.47. The van der Waals surface area contributed by atoms with Gasteiger partial charge in [-0.3, -0.25) is 0 Å². The number of alkyl carbamates (subject to hydrolysis) is 1. The van der Waals surface area contributed by atoms with Crippen LogP contribution in [0.1, 0.15) is 11.6 Å². The van der Waals surface area contributed by atoms with Gasteiger partial charge >= 0.3 is 12.0 Å². The molecule has 0 saturated carbocycles. The zero-order valence-corrected chi connectivity index (χ0v) is 9.40. The van der Waals surface area contributed by atoms with E-state index in [-0.39, 0.29) is 0 Å². The molecule has 1 aliphatic heterocycles. The van der Waals surface area contributed by atoms with Gasteiger partial charge in [-0.25, -0.2) is 22.4 Å². The molecule has 0 radical (unpaired) electrons. The summed E-state index contributed by atoms with van der Waals surface area (Å²) in [5.74, 6) is -5.77. The van der Waals surface area contributed by atoms with Crippen molar-refractivity contribution in [2.75, 3.05) is 6.61 Å². The second-order valence-electron chi connectivity index (χ2n) is 3.67. The fourth-order valence-electron chi connectivity index (χ4n) is 1.60. The first-order valence-corrected chi connectivity index (χ1v) is 5.15. The van der Waals surface area contributed by atoms with E-state index in [1.54, 1.807) is 5.32 Å². The topological polar surface area (TPSA) is 38.3 Å². The number of halogens is 5. The molecule has 1 N–H and O–H groups in total. The van der Waals surface area contributed by atoms with Crippen LogP contribution in [-0.4, -0.2) is 18.6 Å². The molecule has 1 amide bonds. The highest BCUT2D eigenvalue weighted by molar-refractivity contribution is 6.31. The van der Waals surface area contributed by atoms with Crippen molar-refractivity contribution in [1.29, 1.82) is 0 Å². The van der Waals surface area contributed by atoms with Crippen LogP contribution in [-0.2, 0) is 4.74 Å². The van der Waals surface area contributed by atoms with Crippen molar-refractivity contribution < 1.29 is 27.1 Å². The molecule has 8 heteroatoms. The van der Waals surface area contributed by atoms with Crippen molar-refractivity contribution in [3.63, 3.8) is 0 Å². The largest absolute Gasteiger partial charge is 0.443 e. The number of alkyl halides is 2. The first-order valence-electron chi connectivity index (χ1n) is 4.77. The van der Waals surface area contributed by atoms with Crippen LogP contribution in [0.2, 0.25) is 5.02 Å². The standard InChI is InChI=1S/C10H6ClF4NO2/c11-7-5(13)2-1-4(12)6(7)8-10(14,15)3-18-9(17)16-8/h1-2,8H,3H2,(H,16,17)/t8-/m1/s1. The van der Waals surface area contributed by atoms with E-state index >= 15 is 0 Å². The molecule has 0 spiro atoms. The van der Waals surface area contributed by atoms with Gasteiger partial charge in [-0.15, -0.1) is 0 Å². The number of carbonyl (C=O) groups excluding carboxylic acids is 1. The molecule has 3 nitrogen and oxygen atoms in total. The van der Waals surface area contributed by atoms with Crippen LogP contribution in [0.5, 0.6) is 0 Å². The van der Waals surface area contributed by atoms with Crippen LogP contribution in [0.15, 0.2) is 12.1 Å². The fraction of sp³-hybridized carbons (Fsp3) is 0.300. The van der Waals surface area contributed by atoms with Gasteiger partial charge in [-0.05, 0) is 12.1 Å². The monoisotopic (exact) mass is 283 g/mol. The number of amides is 1. The van der Waals surface area contributed by atoms with E-state index in [4.69, 9.17) is 11.6 Å². The summed E-state index contributed by atoms with van der Waals surface area (Å²) in [5, 5.41) is 0.940. The van der Waals surface area contributed by atoms with E-state index in [2.05, 4.69) is 4.74 Å². The first kappa shape index (κ1) is 12.9. The summed E-state index contributed by atoms with van der Waals surface area (Å²) < 4.78 is 57.8. The quantitative estimate of drug-likeness (QED) is 0.635. The molecule has 1 heterocycles. The van der Waals surface area contributed by atoms with Gasteiger partial charge in [0.05, 0.1) is 5.02 Å². The van der Waals surface area contributed by atoms with Gasteiger partial charge in [-0.2, -0.15) is 0 Å². The zero-order chi connectivity index (χ0) is 13.5. The van der Waals surface area contributed by atoms with Crippen LogP contribution in [0, 0.1) is 11.6 Å². The number of carbonyl (C=O) groups is 1. The number of hydrogen-bond donors (Lipinski definition) is 1. The van der Waals surface area contributed by atoms with E-state index in [1.807, 2.05) is 0 Å². The summed E-state index contributed by atoms with van der Waals surface area (Å²) in [7, 11) is 0. The SMILES string of the molecule is O=C1N[C@H](c2c(F)ccc(F)c2Cl)C(F)(F)CO1. The molecule has 2 rings (SSSR count). The van der Waals surface area contributed by atoms with Crippen LogP contribution in [0.3, 0.4) is 0 Å². The molecule has 18 heavy (non-hydrogen) atoms. The summed E-state index contributed by atoms with van der Waals surface area (Å²) in [4.78, 5) is 10.9. The zero-order valence-electron chi connectivity index (χ0n) is 8.65. The summed E-state index contributed by atoms with van der Waals surface area (Å²) in [5.41, 5.74) is -0.793. The highest BCUT2D eigenvalue weighted by Gasteiger charge is 2.49. The molecule has 98 valence electrons. The van der Waals surface area contributed by atoms with E-state index in [0.717, 1.165) is 0 Å². The van der Waals surface area contributed by atoms with Crippen molar-refractivity contribution in [1.82, 2.24) is 5.32 Å². The predicted octanol–water partition coefficient (Wildman–Crippen LogP) is 3.03. The molecule has 1 aromatic carbocycles.